The van der Waals surface area contributed by atoms with Crippen LogP contribution in [0.5, 0.6) is 0 Å². The average molecular weight is 272 g/mol. The van der Waals surface area contributed by atoms with E-state index in [2.05, 4.69) is 20.7 Å². The zero-order valence-electron chi connectivity index (χ0n) is 10.3. The number of rotatable bonds is 3. The number of H-pyrrole nitrogens is 1. The highest BCUT2D eigenvalue weighted by molar-refractivity contribution is 7.10. The first kappa shape index (κ1) is 11.9. The number of carbonyl (C=O) groups excluding carboxylic acids is 1. The predicted molar refractivity (Wildman–Crippen MR) is 75.3 cm³/mol. The molecule has 1 aromatic carbocycles. The van der Waals surface area contributed by atoms with Gasteiger partial charge in [0.15, 0.2) is 0 Å². The third kappa shape index (κ3) is 2.34. The zero-order chi connectivity index (χ0) is 13.2. The lowest BCUT2D eigenvalue weighted by molar-refractivity contribution is -0.117. The van der Waals surface area contributed by atoms with Crippen LogP contribution in [-0.4, -0.2) is 21.3 Å². The normalized spacial score (nSPS) is 12.5. The van der Waals surface area contributed by atoms with Gasteiger partial charge in [-0.05, 0) is 36.6 Å². The molecule has 0 radical (unpaired) electrons. The number of hydrogen-bond donors (Lipinski definition) is 2. The molecular formula is C13H12N4OS. The minimum atomic E-state index is -0.159. The number of anilines is 1. The van der Waals surface area contributed by atoms with E-state index in [0.29, 0.717) is 0 Å². The number of thiophene rings is 1. The van der Waals surface area contributed by atoms with Crippen LogP contribution >= 0.6 is 11.3 Å². The number of amides is 1. The van der Waals surface area contributed by atoms with Crippen LogP contribution in [0.3, 0.4) is 0 Å². The van der Waals surface area contributed by atoms with Gasteiger partial charge >= 0.3 is 0 Å². The molecule has 2 aromatic heterocycles. The van der Waals surface area contributed by atoms with Gasteiger partial charge < -0.3 is 5.32 Å². The van der Waals surface area contributed by atoms with Crippen LogP contribution < -0.4 is 5.32 Å². The molecule has 0 saturated heterocycles. The molecule has 0 spiro atoms. The van der Waals surface area contributed by atoms with E-state index in [9.17, 15) is 4.79 Å². The first-order valence-electron chi connectivity index (χ1n) is 5.89. The van der Waals surface area contributed by atoms with Crippen molar-refractivity contribution in [2.45, 2.75) is 12.8 Å². The summed E-state index contributed by atoms with van der Waals surface area (Å²) < 4.78 is 0. The largest absolute Gasteiger partial charge is 0.325 e. The van der Waals surface area contributed by atoms with E-state index in [4.69, 9.17) is 0 Å². The Bertz CT molecular complexity index is 704. The smallest absolute Gasteiger partial charge is 0.232 e. The lowest BCUT2D eigenvalue weighted by Crippen LogP contribution is -2.18. The fourth-order valence-corrected chi connectivity index (χ4v) is 2.62. The Balaban J connectivity index is 1.78. The Morgan fingerprint density at radius 3 is 2.95 bits per heavy atom. The van der Waals surface area contributed by atoms with Crippen LogP contribution in [0.15, 0.2) is 35.7 Å². The van der Waals surface area contributed by atoms with E-state index in [1.165, 1.54) is 0 Å². The van der Waals surface area contributed by atoms with Crippen LogP contribution in [0.25, 0.3) is 11.0 Å². The maximum Gasteiger partial charge on any atom is 0.232 e. The van der Waals surface area contributed by atoms with E-state index in [1.54, 1.807) is 17.4 Å². The highest BCUT2D eigenvalue weighted by atomic mass is 32.1. The quantitative estimate of drug-likeness (QED) is 0.770. The van der Waals surface area contributed by atoms with E-state index < -0.39 is 0 Å². The Morgan fingerprint density at radius 1 is 1.32 bits per heavy atom. The molecule has 0 aliphatic rings. The second kappa shape index (κ2) is 4.81. The molecular weight excluding hydrogens is 260 g/mol. The molecule has 2 heterocycles. The number of benzene rings is 1. The number of nitrogens with one attached hydrogen (secondary N) is 2. The van der Waals surface area contributed by atoms with Crippen molar-refractivity contribution in [3.8, 4) is 0 Å². The molecule has 19 heavy (non-hydrogen) atoms. The topological polar surface area (TPSA) is 70.7 Å². The zero-order valence-corrected chi connectivity index (χ0v) is 11.1. The maximum absolute atomic E-state index is 12.1. The van der Waals surface area contributed by atoms with Crippen molar-refractivity contribution < 1.29 is 4.79 Å². The Labute approximate surface area is 113 Å². The van der Waals surface area contributed by atoms with Crippen LogP contribution in [-0.2, 0) is 4.79 Å². The van der Waals surface area contributed by atoms with Gasteiger partial charge in [0.2, 0.25) is 5.91 Å². The summed E-state index contributed by atoms with van der Waals surface area (Å²) in [5.41, 5.74) is 2.25. The third-order valence-electron chi connectivity index (χ3n) is 2.95. The third-order valence-corrected chi connectivity index (χ3v) is 4.00. The summed E-state index contributed by atoms with van der Waals surface area (Å²) in [6.07, 6.45) is 0. The number of aromatic amines is 1. The number of hydrogen-bond acceptors (Lipinski definition) is 4. The van der Waals surface area contributed by atoms with Crippen molar-refractivity contribution in [3.05, 3.63) is 40.6 Å². The van der Waals surface area contributed by atoms with Crippen molar-refractivity contribution in [3.63, 3.8) is 0 Å². The van der Waals surface area contributed by atoms with Crippen LogP contribution in [0.2, 0.25) is 0 Å². The molecule has 0 unspecified atom stereocenters. The first-order valence-corrected chi connectivity index (χ1v) is 6.77. The van der Waals surface area contributed by atoms with E-state index >= 15 is 0 Å². The van der Waals surface area contributed by atoms with Crippen molar-refractivity contribution in [2.75, 3.05) is 5.32 Å². The molecule has 1 atom stereocenters. The maximum atomic E-state index is 12.1. The number of aromatic nitrogens is 3. The van der Waals surface area contributed by atoms with Crippen molar-refractivity contribution in [1.29, 1.82) is 0 Å². The van der Waals surface area contributed by atoms with Crippen molar-refractivity contribution >= 4 is 34.0 Å². The lowest BCUT2D eigenvalue weighted by atomic mass is 10.1. The van der Waals surface area contributed by atoms with Gasteiger partial charge in [0, 0.05) is 10.6 Å². The number of nitrogens with zero attached hydrogens (tertiary/aromatic N) is 2. The molecule has 6 heteroatoms. The van der Waals surface area contributed by atoms with E-state index in [1.807, 2.05) is 36.6 Å². The second-order valence-corrected chi connectivity index (χ2v) is 5.23. The molecule has 0 aliphatic heterocycles. The van der Waals surface area contributed by atoms with Gasteiger partial charge in [0.25, 0.3) is 0 Å². The van der Waals surface area contributed by atoms with Gasteiger partial charge in [-0.3, -0.25) is 4.79 Å². The second-order valence-electron chi connectivity index (χ2n) is 4.25. The molecule has 2 N–H and O–H groups in total. The summed E-state index contributed by atoms with van der Waals surface area (Å²) in [4.78, 5) is 13.2. The van der Waals surface area contributed by atoms with Crippen molar-refractivity contribution in [1.82, 2.24) is 15.4 Å². The Kier molecular flexibility index (Phi) is 3.00. The molecule has 0 bridgehead atoms. The summed E-state index contributed by atoms with van der Waals surface area (Å²) >= 11 is 1.59. The van der Waals surface area contributed by atoms with Gasteiger partial charge in [-0.2, -0.15) is 15.4 Å². The van der Waals surface area contributed by atoms with E-state index in [0.717, 1.165) is 21.6 Å². The monoisotopic (exact) mass is 272 g/mol. The van der Waals surface area contributed by atoms with Gasteiger partial charge in [-0.15, -0.1) is 11.3 Å². The molecule has 3 aromatic rings. The number of fused-ring (bicyclic) bond motifs is 1. The lowest BCUT2D eigenvalue weighted by Gasteiger charge is -2.10. The fraction of sp³-hybridized carbons (Fsp3) is 0.154. The molecule has 96 valence electrons. The molecule has 3 rings (SSSR count). The van der Waals surface area contributed by atoms with E-state index in [-0.39, 0.29) is 11.8 Å². The van der Waals surface area contributed by atoms with Crippen LogP contribution in [0.1, 0.15) is 17.7 Å². The molecule has 0 aliphatic carbocycles. The standard InChI is InChI=1S/C13H12N4OS/c1-8(12-3-2-6-19-12)13(18)14-9-4-5-10-11(7-9)16-17-15-10/h2-8H,1H3,(H,14,18)(H,15,16,17)/t8-/m1/s1. The van der Waals surface area contributed by atoms with Gasteiger partial charge in [-0.1, -0.05) is 6.07 Å². The Morgan fingerprint density at radius 2 is 2.16 bits per heavy atom. The summed E-state index contributed by atoms with van der Waals surface area (Å²) in [5.74, 6) is -0.182. The molecule has 0 saturated carbocycles. The minimum absolute atomic E-state index is 0.0229. The molecule has 0 fully saturated rings. The summed E-state index contributed by atoms with van der Waals surface area (Å²) in [7, 11) is 0. The summed E-state index contributed by atoms with van der Waals surface area (Å²) in [5, 5.41) is 15.4. The van der Waals surface area contributed by atoms with Crippen LogP contribution in [0.4, 0.5) is 5.69 Å². The average Bonchev–Trinajstić information content (AvgIpc) is 3.08. The van der Waals surface area contributed by atoms with Crippen LogP contribution in [0, 0.1) is 0 Å². The minimum Gasteiger partial charge on any atom is -0.325 e. The summed E-state index contributed by atoms with van der Waals surface area (Å²) in [6, 6.07) is 9.37. The van der Waals surface area contributed by atoms with Gasteiger partial charge in [0.05, 0.1) is 5.92 Å². The first-order chi connectivity index (χ1) is 9.24. The van der Waals surface area contributed by atoms with Gasteiger partial charge in [0.1, 0.15) is 11.0 Å². The molecule has 1 amide bonds. The number of carbonyl (C=O) groups is 1. The highest BCUT2D eigenvalue weighted by Crippen LogP contribution is 2.23. The molecule has 5 nitrogen and oxygen atoms in total. The summed E-state index contributed by atoms with van der Waals surface area (Å²) in [6.45, 7) is 1.90. The SMILES string of the molecule is C[C@@H](C(=O)Nc1ccc2n[nH]nc2c1)c1cccs1. The Hall–Kier alpha value is -2.21. The van der Waals surface area contributed by atoms with Gasteiger partial charge in [-0.25, -0.2) is 0 Å². The fourth-order valence-electron chi connectivity index (χ4n) is 1.84. The predicted octanol–water partition coefficient (Wildman–Crippen LogP) is 2.76. The highest BCUT2D eigenvalue weighted by Gasteiger charge is 2.16. The van der Waals surface area contributed by atoms with Crippen molar-refractivity contribution in [2.24, 2.45) is 0 Å².